The van der Waals surface area contributed by atoms with Gasteiger partial charge in [0, 0.05) is 24.2 Å². The van der Waals surface area contributed by atoms with Crippen LogP contribution in [-0.2, 0) is 15.9 Å². The Morgan fingerprint density at radius 1 is 1.30 bits per heavy atom. The lowest BCUT2D eigenvalue weighted by Gasteiger charge is -2.30. The van der Waals surface area contributed by atoms with Crippen molar-refractivity contribution in [3.05, 3.63) is 27.7 Å². The van der Waals surface area contributed by atoms with Crippen LogP contribution in [0.4, 0.5) is 0 Å². The normalized spacial score (nSPS) is 16.4. The van der Waals surface area contributed by atoms with Crippen LogP contribution in [0.15, 0.2) is 17.0 Å². The Hall–Kier alpha value is -0.000000000000000167. The van der Waals surface area contributed by atoms with Crippen molar-refractivity contribution in [2.75, 3.05) is 13.6 Å². The van der Waals surface area contributed by atoms with E-state index in [1.54, 1.807) is 7.05 Å². The maximum atomic E-state index is 12.6. The van der Waals surface area contributed by atoms with Crippen molar-refractivity contribution in [2.24, 2.45) is 5.92 Å². The van der Waals surface area contributed by atoms with Crippen LogP contribution in [-0.4, -0.2) is 26.3 Å². The highest BCUT2D eigenvalue weighted by molar-refractivity contribution is 7.89. The van der Waals surface area contributed by atoms with E-state index in [1.165, 1.54) is 22.9 Å². The summed E-state index contributed by atoms with van der Waals surface area (Å²) in [6.07, 6.45) is 3.35. The molecule has 0 spiro atoms. The number of rotatable bonds is 5. The summed E-state index contributed by atoms with van der Waals surface area (Å²) < 4.78 is 26.5. The zero-order valence-electron chi connectivity index (χ0n) is 11.1. The number of sulfonamides is 1. The summed E-state index contributed by atoms with van der Waals surface area (Å²) in [7, 11) is -2.02. The Morgan fingerprint density at radius 3 is 2.45 bits per heavy atom. The van der Waals surface area contributed by atoms with Gasteiger partial charge in [-0.1, -0.05) is 29.6 Å². The predicted octanol–water partition coefficient (Wildman–Crippen LogP) is 4.15. The first-order chi connectivity index (χ1) is 9.37. The summed E-state index contributed by atoms with van der Waals surface area (Å²) >= 11 is 17.9. The van der Waals surface area contributed by atoms with Crippen LogP contribution in [0.1, 0.15) is 24.8 Å². The molecule has 7 heteroatoms. The quantitative estimate of drug-likeness (QED) is 0.743. The monoisotopic (exact) mass is 355 g/mol. The highest BCUT2D eigenvalue weighted by atomic mass is 35.5. The second-order valence-corrected chi connectivity index (χ2v) is 8.12. The average Bonchev–Trinajstić information content (AvgIpc) is 2.33. The van der Waals surface area contributed by atoms with Gasteiger partial charge in [0.05, 0.1) is 10.9 Å². The van der Waals surface area contributed by atoms with Crippen LogP contribution in [0.5, 0.6) is 0 Å². The molecule has 0 amide bonds. The van der Waals surface area contributed by atoms with Crippen LogP contribution < -0.4 is 0 Å². The molecule has 0 saturated heterocycles. The van der Waals surface area contributed by atoms with E-state index in [0.717, 1.165) is 12.8 Å². The van der Waals surface area contributed by atoms with Gasteiger partial charge in [-0.2, -0.15) is 0 Å². The largest absolute Gasteiger partial charge is 0.244 e. The number of alkyl halides is 1. The Kier molecular flexibility index (Phi) is 5.24. The van der Waals surface area contributed by atoms with Crippen molar-refractivity contribution < 1.29 is 8.42 Å². The Labute approximate surface area is 134 Å². The fraction of sp³-hybridized carbons (Fsp3) is 0.538. The first-order valence-electron chi connectivity index (χ1n) is 6.37. The second kappa shape index (κ2) is 6.41. The van der Waals surface area contributed by atoms with Gasteiger partial charge in [0.25, 0.3) is 0 Å². The lowest BCUT2D eigenvalue weighted by atomic mass is 9.86. The summed E-state index contributed by atoms with van der Waals surface area (Å²) in [6.45, 7) is 0.525. The third kappa shape index (κ3) is 3.09. The van der Waals surface area contributed by atoms with Gasteiger partial charge in [-0.05, 0) is 30.9 Å². The van der Waals surface area contributed by atoms with Crippen LogP contribution in [0.2, 0.25) is 10.0 Å². The van der Waals surface area contributed by atoms with Crippen molar-refractivity contribution in [2.45, 2.75) is 30.0 Å². The van der Waals surface area contributed by atoms with E-state index < -0.39 is 10.0 Å². The molecule has 0 heterocycles. The number of hydrogen-bond donors (Lipinski definition) is 0. The minimum Gasteiger partial charge on any atom is -0.207 e. The van der Waals surface area contributed by atoms with Gasteiger partial charge in [-0.25, -0.2) is 12.7 Å². The SMILES string of the molecule is CN(CC1CCC1)S(=O)(=O)c1ccc(Cl)c(CCl)c1Cl. The smallest absolute Gasteiger partial charge is 0.207 e. The third-order valence-electron chi connectivity index (χ3n) is 3.71. The number of hydrogen-bond acceptors (Lipinski definition) is 2. The summed E-state index contributed by atoms with van der Waals surface area (Å²) in [5.41, 5.74) is 0.452. The lowest BCUT2D eigenvalue weighted by molar-refractivity contribution is 0.263. The molecule has 0 unspecified atom stereocenters. The maximum absolute atomic E-state index is 12.6. The molecule has 0 bridgehead atoms. The first kappa shape index (κ1) is 16.4. The van der Waals surface area contributed by atoms with E-state index in [9.17, 15) is 8.42 Å². The standard InChI is InChI=1S/C13H16Cl3NO2S/c1-17(8-9-3-2-4-9)20(18,19)12-6-5-11(15)10(7-14)13(12)16/h5-6,9H,2-4,7-8H2,1H3. The minimum atomic E-state index is -3.61. The van der Waals surface area contributed by atoms with Gasteiger partial charge in [0.1, 0.15) is 4.90 Å². The summed E-state index contributed by atoms with van der Waals surface area (Å²) in [5.74, 6) is 0.529. The van der Waals surface area contributed by atoms with Crippen molar-refractivity contribution in [1.82, 2.24) is 4.31 Å². The molecule has 1 aromatic rings. The van der Waals surface area contributed by atoms with E-state index in [4.69, 9.17) is 34.8 Å². The fourth-order valence-electron chi connectivity index (χ4n) is 2.20. The molecular formula is C13H16Cl3NO2S. The maximum Gasteiger partial charge on any atom is 0.244 e. The number of nitrogens with zero attached hydrogens (tertiary/aromatic N) is 1. The topological polar surface area (TPSA) is 37.4 Å². The Morgan fingerprint density at radius 2 is 1.95 bits per heavy atom. The minimum absolute atomic E-state index is 0.0704. The number of benzene rings is 1. The molecule has 2 rings (SSSR count). The highest BCUT2D eigenvalue weighted by Crippen LogP contribution is 2.34. The molecule has 0 N–H and O–H groups in total. The van der Waals surface area contributed by atoms with E-state index in [0.29, 0.717) is 23.0 Å². The molecule has 1 aliphatic rings. The molecule has 1 fully saturated rings. The third-order valence-corrected chi connectivity index (χ3v) is 6.74. The molecule has 0 atom stereocenters. The van der Waals surface area contributed by atoms with Gasteiger partial charge >= 0.3 is 0 Å². The molecule has 1 saturated carbocycles. The van der Waals surface area contributed by atoms with Crippen molar-refractivity contribution in [1.29, 1.82) is 0 Å². The molecule has 112 valence electrons. The number of halogens is 3. The van der Waals surface area contributed by atoms with Gasteiger partial charge in [0.15, 0.2) is 0 Å². The molecular weight excluding hydrogens is 341 g/mol. The van der Waals surface area contributed by atoms with Crippen molar-refractivity contribution in [3.8, 4) is 0 Å². The highest BCUT2D eigenvalue weighted by Gasteiger charge is 2.29. The van der Waals surface area contributed by atoms with E-state index in [2.05, 4.69) is 0 Å². The second-order valence-electron chi connectivity index (χ2n) is 5.05. The summed E-state index contributed by atoms with van der Waals surface area (Å²) in [4.78, 5) is 0.0704. The molecule has 0 aliphatic heterocycles. The van der Waals surface area contributed by atoms with E-state index >= 15 is 0 Å². The first-order valence-corrected chi connectivity index (χ1v) is 9.10. The molecule has 3 nitrogen and oxygen atoms in total. The van der Waals surface area contributed by atoms with Gasteiger partial charge in [0.2, 0.25) is 10.0 Å². The average molecular weight is 357 g/mol. The van der Waals surface area contributed by atoms with Gasteiger partial charge in [-0.15, -0.1) is 11.6 Å². The van der Waals surface area contributed by atoms with Crippen molar-refractivity contribution >= 4 is 44.8 Å². The van der Waals surface area contributed by atoms with Crippen LogP contribution >= 0.6 is 34.8 Å². The zero-order chi connectivity index (χ0) is 14.9. The Bertz CT molecular complexity index is 600. The van der Waals surface area contributed by atoms with Crippen molar-refractivity contribution in [3.63, 3.8) is 0 Å². The molecule has 0 radical (unpaired) electrons. The molecule has 1 aromatic carbocycles. The fourth-order valence-corrected chi connectivity index (χ4v) is 4.75. The van der Waals surface area contributed by atoms with E-state index in [1.807, 2.05) is 0 Å². The molecule has 1 aliphatic carbocycles. The van der Waals surface area contributed by atoms with Crippen LogP contribution in [0.25, 0.3) is 0 Å². The zero-order valence-corrected chi connectivity index (χ0v) is 14.2. The molecule has 0 aromatic heterocycles. The van der Waals surface area contributed by atoms with Gasteiger partial charge < -0.3 is 0 Å². The summed E-state index contributed by atoms with van der Waals surface area (Å²) in [5, 5.41) is 0.499. The summed E-state index contributed by atoms with van der Waals surface area (Å²) in [6, 6.07) is 2.96. The van der Waals surface area contributed by atoms with Crippen LogP contribution in [0, 0.1) is 5.92 Å². The van der Waals surface area contributed by atoms with Crippen LogP contribution in [0.3, 0.4) is 0 Å². The Balaban J connectivity index is 2.33. The lowest BCUT2D eigenvalue weighted by Crippen LogP contribution is -2.34. The molecule has 20 heavy (non-hydrogen) atoms. The predicted molar refractivity (Wildman–Crippen MR) is 83.2 cm³/mol. The van der Waals surface area contributed by atoms with Gasteiger partial charge in [-0.3, -0.25) is 0 Å². The van der Waals surface area contributed by atoms with E-state index in [-0.39, 0.29) is 15.8 Å².